The van der Waals surface area contributed by atoms with Crippen LogP contribution < -0.4 is 10.6 Å². The van der Waals surface area contributed by atoms with Crippen molar-refractivity contribution in [2.75, 3.05) is 7.05 Å². The van der Waals surface area contributed by atoms with Crippen molar-refractivity contribution in [2.45, 2.75) is 33.4 Å². The molecule has 1 rings (SSSR count). The predicted octanol–water partition coefficient (Wildman–Crippen LogP) is 2.69. The topological polar surface area (TPSA) is 36.4 Å². The number of benzene rings is 1. The zero-order valence-corrected chi connectivity index (χ0v) is 13.3. The van der Waals surface area contributed by atoms with Crippen molar-refractivity contribution in [2.24, 2.45) is 4.99 Å². The van der Waals surface area contributed by atoms with E-state index >= 15 is 0 Å². The first-order valence-corrected chi connectivity index (χ1v) is 5.64. The number of nitrogens with zero attached hydrogens (tertiary/aromatic N) is 1. The molecule has 0 heterocycles. The first-order chi connectivity index (χ1) is 7.61. The van der Waals surface area contributed by atoms with Crippen molar-refractivity contribution in [1.29, 1.82) is 0 Å². The van der Waals surface area contributed by atoms with Crippen molar-refractivity contribution in [1.82, 2.24) is 10.6 Å². The van der Waals surface area contributed by atoms with Gasteiger partial charge in [0.05, 0.1) is 0 Å². The van der Waals surface area contributed by atoms with Gasteiger partial charge in [-0.15, -0.1) is 24.0 Å². The lowest BCUT2D eigenvalue weighted by atomic mass is 10.1. The average Bonchev–Trinajstić information content (AvgIpc) is 2.24. The van der Waals surface area contributed by atoms with E-state index in [0.717, 1.165) is 12.5 Å². The molecule has 2 N–H and O–H groups in total. The number of hydrogen-bond acceptors (Lipinski definition) is 1. The van der Waals surface area contributed by atoms with Crippen LogP contribution in [0.25, 0.3) is 0 Å². The van der Waals surface area contributed by atoms with Gasteiger partial charge in [-0.05, 0) is 26.3 Å². The second-order valence-corrected chi connectivity index (χ2v) is 4.21. The average molecular weight is 347 g/mol. The van der Waals surface area contributed by atoms with Crippen LogP contribution >= 0.6 is 24.0 Å². The van der Waals surface area contributed by atoms with Gasteiger partial charge in [-0.1, -0.05) is 29.8 Å². The van der Waals surface area contributed by atoms with E-state index in [1.807, 2.05) is 0 Å². The Hall–Kier alpha value is -0.780. The summed E-state index contributed by atoms with van der Waals surface area (Å²) in [6, 6.07) is 8.86. The molecule has 3 nitrogen and oxygen atoms in total. The maximum Gasteiger partial charge on any atom is 0.191 e. The summed E-state index contributed by atoms with van der Waals surface area (Å²) >= 11 is 0. The van der Waals surface area contributed by atoms with Gasteiger partial charge in [0.15, 0.2) is 5.96 Å². The number of halogens is 1. The van der Waals surface area contributed by atoms with E-state index < -0.39 is 0 Å². The molecule has 0 aliphatic heterocycles. The molecule has 1 aromatic carbocycles. The standard InChI is InChI=1S/C13H21N3.HI/c1-10(2)16-13(14-4)15-9-12-7-5-6-11(3)8-12;/h5-8,10H,9H2,1-4H3,(H2,14,15,16);1H. The highest BCUT2D eigenvalue weighted by molar-refractivity contribution is 14.0. The van der Waals surface area contributed by atoms with Crippen molar-refractivity contribution in [3.63, 3.8) is 0 Å². The van der Waals surface area contributed by atoms with Crippen molar-refractivity contribution in [3.05, 3.63) is 35.4 Å². The molecule has 17 heavy (non-hydrogen) atoms. The Morgan fingerprint density at radius 1 is 1.35 bits per heavy atom. The minimum atomic E-state index is 0. The van der Waals surface area contributed by atoms with Crippen LogP contribution in [0, 0.1) is 6.92 Å². The maximum atomic E-state index is 4.16. The fraction of sp³-hybridized carbons (Fsp3) is 0.462. The molecule has 0 saturated carbocycles. The van der Waals surface area contributed by atoms with Gasteiger partial charge in [-0.25, -0.2) is 0 Å². The first kappa shape index (κ1) is 16.2. The minimum Gasteiger partial charge on any atom is -0.354 e. The van der Waals surface area contributed by atoms with Crippen LogP contribution in [-0.4, -0.2) is 19.0 Å². The summed E-state index contributed by atoms with van der Waals surface area (Å²) in [7, 11) is 1.79. The van der Waals surface area contributed by atoms with Gasteiger partial charge in [0.25, 0.3) is 0 Å². The summed E-state index contributed by atoms with van der Waals surface area (Å²) in [5.41, 5.74) is 2.55. The van der Waals surface area contributed by atoms with Crippen LogP contribution in [0.1, 0.15) is 25.0 Å². The Balaban J connectivity index is 0.00000256. The van der Waals surface area contributed by atoms with Crippen LogP contribution in [0.3, 0.4) is 0 Å². The number of guanidine groups is 1. The van der Waals surface area contributed by atoms with Crippen LogP contribution in [0.5, 0.6) is 0 Å². The van der Waals surface area contributed by atoms with E-state index in [4.69, 9.17) is 0 Å². The molecule has 0 spiro atoms. The number of hydrogen-bond donors (Lipinski definition) is 2. The molecule has 0 atom stereocenters. The van der Waals surface area contributed by atoms with Crippen LogP contribution in [-0.2, 0) is 6.54 Å². The summed E-state index contributed by atoms with van der Waals surface area (Å²) in [5, 5.41) is 6.54. The second kappa shape index (κ2) is 8.33. The Morgan fingerprint density at radius 3 is 2.59 bits per heavy atom. The number of aryl methyl sites for hydroxylation is 1. The number of aliphatic imine (C=N–C) groups is 1. The largest absolute Gasteiger partial charge is 0.354 e. The Labute approximate surface area is 121 Å². The molecule has 1 aromatic rings. The molecule has 0 bridgehead atoms. The Kier molecular flexibility index (Phi) is 7.95. The molecule has 0 aliphatic rings. The summed E-state index contributed by atoms with van der Waals surface area (Å²) in [5.74, 6) is 0.844. The lowest BCUT2D eigenvalue weighted by Gasteiger charge is -2.14. The smallest absolute Gasteiger partial charge is 0.191 e. The summed E-state index contributed by atoms with van der Waals surface area (Å²) in [4.78, 5) is 4.16. The monoisotopic (exact) mass is 347 g/mol. The van der Waals surface area contributed by atoms with E-state index in [1.54, 1.807) is 7.05 Å². The SMILES string of the molecule is CN=C(NCc1cccc(C)c1)NC(C)C.I. The maximum absolute atomic E-state index is 4.16. The van der Waals surface area contributed by atoms with E-state index in [2.05, 4.69) is 60.7 Å². The molecule has 0 fully saturated rings. The fourth-order valence-corrected chi connectivity index (χ4v) is 1.48. The highest BCUT2D eigenvalue weighted by Gasteiger charge is 1.99. The van der Waals surface area contributed by atoms with Crippen LogP contribution in [0.4, 0.5) is 0 Å². The lowest BCUT2D eigenvalue weighted by Crippen LogP contribution is -2.40. The molecule has 4 heteroatoms. The molecule has 0 aliphatic carbocycles. The van der Waals surface area contributed by atoms with E-state index in [-0.39, 0.29) is 24.0 Å². The third-order valence-corrected chi connectivity index (χ3v) is 2.19. The second-order valence-electron chi connectivity index (χ2n) is 4.21. The Morgan fingerprint density at radius 2 is 2.06 bits per heavy atom. The van der Waals surface area contributed by atoms with Gasteiger partial charge in [0.1, 0.15) is 0 Å². The molecule has 0 unspecified atom stereocenters. The van der Waals surface area contributed by atoms with Crippen LogP contribution in [0.15, 0.2) is 29.3 Å². The van der Waals surface area contributed by atoms with Gasteiger partial charge < -0.3 is 10.6 Å². The fourth-order valence-electron chi connectivity index (χ4n) is 1.48. The molecular formula is C13H22IN3. The van der Waals surface area contributed by atoms with Gasteiger partial charge in [0.2, 0.25) is 0 Å². The zero-order valence-electron chi connectivity index (χ0n) is 10.9. The molecule has 96 valence electrons. The summed E-state index contributed by atoms with van der Waals surface area (Å²) in [6.45, 7) is 7.10. The highest BCUT2D eigenvalue weighted by atomic mass is 127. The highest BCUT2D eigenvalue weighted by Crippen LogP contribution is 2.02. The van der Waals surface area contributed by atoms with Gasteiger partial charge in [0, 0.05) is 19.6 Å². The third kappa shape index (κ3) is 6.51. The lowest BCUT2D eigenvalue weighted by molar-refractivity contribution is 0.699. The Bertz CT molecular complexity index is 361. The van der Waals surface area contributed by atoms with Crippen LogP contribution in [0.2, 0.25) is 0 Å². The van der Waals surface area contributed by atoms with Gasteiger partial charge in [-0.3, -0.25) is 4.99 Å². The summed E-state index contributed by atoms with van der Waals surface area (Å²) < 4.78 is 0. The molecular weight excluding hydrogens is 325 g/mol. The van der Waals surface area contributed by atoms with Crippen molar-refractivity contribution >= 4 is 29.9 Å². The van der Waals surface area contributed by atoms with Gasteiger partial charge in [-0.2, -0.15) is 0 Å². The molecule has 0 aromatic heterocycles. The van der Waals surface area contributed by atoms with E-state index in [0.29, 0.717) is 6.04 Å². The normalized spacial score (nSPS) is 11.0. The first-order valence-electron chi connectivity index (χ1n) is 5.64. The van der Waals surface area contributed by atoms with E-state index in [9.17, 15) is 0 Å². The number of rotatable bonds is 3. The predicted molar refractivity (Wildman–Crippen MR) is 85.1 cm³/mol. The van der Waals surface area contributed by atoms with Crippen molar-refractivity contribution in [3.8, 4) is 0 Å². The minimum absolute atomic E-state index is 0. The molecule has 0 radical (unpaired) electrons. The third-order valence-electron chi connectivity index (χ3n) is 2.19. The molecule has 0 saturated heterocycles. The molecule has 0 amide bonds. The van der Waals surface area contributed by atoms with Crippen molar-refractivity contribution < 1.29 is 0 Å². The van der Waals surface area contributed by atoms with Gasteiger partial charge >= 0.3 is 0 Å². The number of nitrogens with one attached hydrogen (secondary N) is 2. The quantitative estimate of drug-likeness (QED) is 0.501. The van der Waals surface area contributed by atoms with E-state index in [1.165, 1.54) is 11.1 Å². The zero-order chi connectivity index (χ0) is 12.0. The summed E-state index contributed by atoms with van der Waals surface area (Å²) in [6.07, 6.45) is 0.